The van der Waals surface area contributed by atoms with E-state index < -0.39 is 11.5 Å². The molecule has 1 aliphatic carbocycles. The van der Waals surface area contributed by atoms with Gasteiger partial charge in [0.2, 0.25) is 11.8 Å². The third-order valence-electron chi connectivity index (χ3n) is 12.3. The Labute approximate surface area is 341 Å². The Morgan fingerprint density at radius 1 is 0.966 bits per heavy atom. The van der Waals surface area contributed by atoms with Gasteiger partial charge in [-0.25, -0.2) is 14.5 Å². The molecule has 58 heavy (non-hydrogen) atoms. The van der Waals surface area contributed by atoms with Crippen molar-refractivity contribution >= 4 is 34.6 Å². The number of fused-ring (bicyclic) bond motifs is 1. The van der Waals surface area contributed by atoms with Gasteiger partial charge >= 0.3 is 6.09 Å². The Kier molecular flexibility index (Phi) is 12.1. The molecule has 4 aromatic rings. The third-order valence-corrected chi connectivity index (χ3v) is 12.3. The van der Waals surface area contributed by atoms with E-state index in [1.165, 1.54) is 0 Å². The fourth-order valence-electron chi connectivity index (χ4n) is 8.61. The van der Waals surface area contributed by atoms with Crippen LogP contribution in [0.2, 0.25) is 0 Å². The number of nitrogens with zero attached hydrogens (tertiary/aromatic N) is 5. The highest BCUT2D eigenvalue weighted by molar-refractivity contribution is 6.08. The lowest BCUT2D eigenvalue weighted by Crippen LogP contribution is -2.59. The number of piperazine rings is 1. The molecule has 3 amide bonds. The van der Waals surface area contributed by atoms with E-state index in [1.54, 1.807) is 4.90 Å². The molecule has 0 bridgehead atoms. The Morgan fingerprint density at radius 2 is 1.71 bits per heavy atom. The molecule has 0 radical (unpaired) electrons. The van der Waals surface area contributed by atoms with E-state index in [-0.39, 0.29) is 35.9 Å². The second-order valence-electron chi connectivity index (χ2n) is 17.4. The van der Waals surface area contributed by atoms with Gasteiger partial charge in [0.25, 0.3) is 0 Å². The smallest absolute Gasteiger partial charge is 0.407 e. The summed E-state index contributed by atoms with van der Waals surface area (Å²) in [6.07, 6.45) is 4.49. The standard InChI is InChI=1S/C45H60N8O5/c1-7-37-35(39(49-33-14-20-58-21-15-33)36-26-48-53(8-2)40(36)50-37)25-47-42(55)45(16-17-45)41(54)46-24-30-13-12-29(3)34(23-30)32-11-9-10-31(22-32)27-51-18-19-52(43(56)57)38(28-51)44(4,5)6/h9-13,22-23,26,33,38H,7-8,14-21,24-25,27-28H2,1-6H3,(H,46,54)(H,47,55)(H,49,50)(H,56,57). The summed E-state index contributed by atoms with van der Waals surface area (Å²) in [5.41, 5.74) is 7.78. The molecule has 13 nitrogen and oxygen atoms in total. The van der Waals surface area contributed by atoms with Gasteiger partial charge in [-0.3, -0.25) is 14.5 Å². The van der Waals surface area contributed by atoms with Crippen molar-refractivity contribution < 1.29 is 24.2 Å². The van der Waals surface area contributed by atoms with Gasteiger partial charge in [-0.15, -0.1) is 0 Å². The van der Waals surface area contributed by atoms with Crippen molar-refractivity contribution in [1.82, 2.24) is 35.2 Å². The summed E-state index contributed by atoms with van der Waals surface area (Å²) in [6, 6.07) is 14.9. The number of carboxylic acid groups (broad SMARTS) is 1. The van der Waals surface area contributed by atoms with Gasteiger partial charge in [0.05, 0.1) is 23.3 Å². The summed E-state index contributed by atoms with van der Waals surface area (Å²) < 4.78 is 7.52. The number of ether oxygens (including phenoxy) is 1. The van der Waals surface area contributed by atoms with Gasteiger partial charge in [0.15, 0.2) is 5.65 Å². The third kappa shape index (κ3) is 8.70. The highest BCUT2D eigenvalue weighted by Crippen LogP contribution is 2.46. The lowest BCUT2D eigenvalue weighted by Gasteiger charge is -2.46. The van der Waals surface area contributed by atoms with Crippen LogP contribution in [0, 0.1) is 17.8 Å². The molecular formula is C45H60N8O5. The summed E-state index contributed by atoms with van der Waals surface area (Å²) in [5.74, 6) is -0.507. The first kappa shape index (κ1) is 41.2. The zero-order chi connectivity index (χ0) is 41.2. The first-order valence-electron chi connectivity index (χ1n) is 21.0. The van der Waals surface area contributed by atoms with Crippen LogP contribution in [-0.2, 0) is 46.9 Å². The van der Waals surface area contributed by atoms with E-state index >= 15 is 0 Å². The molecule has 2 aromatic heterocycles. The maximum absolute atomic E-state index is 13.9. The van der Waals surface area contributed by atoms with Crippen LogP contribution < -0.4 is 16.0 Å². The van der Waals surface area contributed by atoms with Crippen molar-refractivity contribution in [3.63, 3.8) is 0 Å². The first-order valence-corrected chi connectivity index (χ1v) is 21.0. The predicted octanol–water partition coefficient (Wildman–Crippen LogP) is 6.50. The zero-order valence-electron chi connectivity index (χ0n) is 35.0. The Bertz CT molecular complexity index is 2150. The molecule has 2 aliphatic heterocycles. The van der Waals surface area contributed by atoms with Crippen LogP contribution in [0.1, 0.15) is 88.2 Å². The van der Waals surface area contributed by atoms with Crippen molar-refractivity contribution in [3.05, 3.63) is 76.6 Å². The van der Waals surface area contributed by atoms with Crippen molar-refractivity contribution in [1.29, 1.82) is 0 Å². The van der Waals surface area contributed by atoms with Crippen LogP contribution >= 0.6 is 0 Å². The molecule has 1 saturated carbocycles. The van der Waals surface area contributed by atoms with Gasteiger partial charge in [-0.1, -0.05) is 58.0 Å². The number of nitrogens with one attached hydrogen (secondary N) is 3. The number of rotatable bonds is 13. The molecule has 310 valence electrons. The largest absolute Gasteiger partial charge is 0.465 e. The van der Waals surface area contributed by atoms with Crippen LogP contribution in [-0.4, -0.2) is 92.5 Å². The van der Waals surface area contributed by atoms with Crippen molar-refractivity contribution in [3.8, 4) is 11.1 Å². The van der Waals surface area contributed by atoms with Gasteiger partial charge in [0.1, 0.15) is 5.41 Å². The number of carbonyl (C=O) groups excluding carboxylic acids is 2. The summed E-state index contributed by atoms with van der Waals surface area (Å²) in [5, 5.41) is 25.4. The molecule has 1 atom stereocenters. The van der Waals surface area contributed by atoms with E-state index in [0.717, 1.165) is 75.2 Å². The Balaban J connectivity index is 1.01. The highest BCUT2D eigenvalue weighted by atomic mass is 16.5. The molecule has 4 N–H and O–H groups in total. The fourth-order valence-corrected chi connectivity index (χ4v) is 8.61. The first-order chi connectivity index (χ1) is 27.8. The van der Waals surface area contributed by atoms with E-state index in [0.29, 0.717) is 65.2 Å². The topological polar surface area (TPSA) is 154 Å². The summed E-state index contributed by atoms with van der Waals surface area (Å²) in [6.45, 7) is 17.8. The zero-order valence-corrected chi connectivity index (χ0v) is 35.0. The molecule has 1 unspecified atom stereocenters. The van der Waals surface area contributed by atoms with Gasteiger partial charge < -0.3 is 30.7 Å². The molecule has 0 spiro atoms. The number of benzene rings is 2. The quantitative estimate of drug-likeness (QED) is 0.111. The number of hydrogen-bond acceptors (Lipinski definition) is 8. The number of aromatic nitrogens is 3. The maximum Gasteiger partial charge on any atom is 0.407 e. The fraction of sp³-hybridized carbons (Fsp3) is 0.533. The maximum atomic E-state index is 13.9. The normalized spacial score (nSPS) is 18.6. The second kappa shape index (κ2) is 17.1. The monoisotopic (exact) mass is 792 g/mol. The van der Waals surface area contributed by atoms with Crippen LogP contribution in [0.25, 0.3) is 22.2 Å². The Morgan fingerprint density at radius 3 is 2.38 bits per heavy atom. The van der Waals surface area contributed by atoms with Gasteiger partial charge in [0, 0.05) is 76.3 Å². The van der Waals surface area contributed by atoms with Crippen molar-refractivity contribution in [2.45, 2.75) is 112 Å². The summed E-state index contributed by atoms with van der Waals surface area (Å²) in [4.78, 5) is 48.5. The SMILES string of the molecule is CCc1nc2c(cnn2CC)c(NC2CCOCC2)c1CNC(=O)C1(C(=O)NCc2ccc(C)c(-c3cccc(CN4CCN(C(=O)O)C(C(C)(C)C)C4)c3)c2)CC1. The molecule has 7 rings (SSSR count). The average Bonchev–Trinajstić information content (AvgIpc) is 3.93. The lowest BCUT2D eigenvalue weighted by molar-refractivity contribution is -0.137. The number of anilines is 1. The van der Waals surface area contributed by atoms with Crippen LogP contribution in [0.4, 0.5) is 10.5 Å². The molecular weight excluding hydrogens is 733 g/mol. The van der Waals surface area contributed by atoms with Crippen molar-refractivity contribution in [2.75, 3.05) is 38.2 Å². The second-order valence-corrected chi connectivity index (χ2v) is 17.4. The van der Waals surface area contributed by atoms with E-state index in [9.17, 15) is 19.5 Å². The molecule has 13 heteroatoms. The van der Waals surface area contributed by atoms with E-state index in [1.807, 2.05) is 16.9 Å². The number of aryl methyl sites for hydroxylation is 3. The van der Waals surface area contributed by atoms with Crippen LogP contribution in [0.15, 0.2) is 48.7 Å². The number of pyridine rings is 1. The summed E-state index contributed by atoms with van der Waals surface area (Å²) in [7, 11) is 0. The van der Waals surface area contributed by atoms with Crippen LogP contribution in [0.3, 0.4) is 0 Å². The van der Waals surface area contributed by atoms with E-state index in [2.05, 4.69) is 104 Å². The minimum Gasteiger partial charge on any atom is -0.465 e. The molecule has 3 aliphatic rings. The van der Waals surface area contributed by atoms with E-state index in [4.69, 9.17) is 9.72 Å². The van der Waals surface area contributed by atoms with Crippen molar-refractivity contribution in [2.24, 2.45) is 10.8 Å². The van der Waals surface area contributed by atoms with Crippen LogP contribution in [0.5, 0.6) is 0 Å². The molecule has 4 heterocycles. The summed E-state index contributed by atoms with van der Waals surface area (Å²) >= 11 is 0. The number of hydrogen-bond donors (Lipinski definition) is 4. The molecule has 3 fully saturated rings. The van der Waals surface area contributed by atoms with Gasteiger partial charge in [-0.05, 0) is 91.3 Å². The lowest BCUT2D eigenvalue weighted by atomic mass is 9.84. The average molecular weight is 793 g/mol. The predicted molar refractivity (Wildman–Crippen MR) is 225 cm³/mol. The highest BCUT2D eigenvalue weighted by Gasteiger charge is 2.56. The van der Waals surface area contributed by atoms with Gasteiger partial charge in [-0.2, -0.15) is 5.10 Å². The minimum atomic E-state index is -1.09. The number of carbonyl (C=O) groups is 3. The minimum absolute atomic E-state index is 0.0901. The molecule has 2 aromatic carbocycles. The number of amides is 3. The Hall–Kier alpha value is -5.01. The molecule has 2 saturated heterocycles.